The van der Waals surface area contributed by atoms with Crippen molar-refractivity contribution in [1.82, 2.24) is 0 Å². The van der Waals surface area contributed by atoms with E-state index in [2.05, 4.69) is 0 Å². The van der Waals surface area contributed by atoms with Crippen LogP contribution in [0.2, 0.25) is 0 Å². The maximum atomic E-state index is 13.6. The Morgan fingerprint density at radius 3 is 1.67 bits per heavy atom. The summed E-state index contributed by atoms with van der Waals surface area (Å²) in [7, 11) is 0. The first-order chi connectivity index (χ1) is 20.6. The summed E-state index contributed by atoms with van der Waals surface area (Å²) in [6, 6.07) is 10.2. The summed E-state index contributed by atoms with van der Waals surface area (Å²) in [6.45, 7) is 7.22. The largest absolute Gasteiger partial charge is 0.481 e. The Morgan fingerprint density at radius 2 is 1.22 bits per heavy atom. The van der Waals surface area contributed by atoms with Crippen molar-refractivity contribution in [2.75, 3.05) is 11.4 Å². The SMILES string of the molecule is CC(C)CCN(Cc1cc(C(F)(F)F)cc(C(F)(F)F)c1)c1cc(-c2ccc(C(F)(F)F)cc2)cc([C@@H](CC(C)C)C(=O)O)c1. The molecule has 3 aromatic rings. The Hall–Kier alpha value is -3.70. The quantitative estimate of drug-likeness (QED) is 0.211. The third kappa shape index (κ3) is 9.89. The molecule has 3 rings (SSSR count). The van der Waals surface area contributed by atoms with Crippen LogP contribution in [0.25, 0.3) is 11.1 Å². The summed E-state index contributed by atoms with van der Waals surface area (Å²) in [5, 5.41) is 10.1. The lowest BCUT2D eigenvalue weighted by Crippen LogP contribution is -2.26. The lowest BCUT2D eigenvalue weighted by molar-refractivity contribution is -0.143. The molecule has 0 radical (unpaired) electrons. The smallest absolute Gasteiger partial charge is 0.416 e. The van der Waals surface area contributed by atoms with E-state index in [1.165, 1.54) is 18.2 Å². The Morgan fingerprint density at radius 1 is 0.689 bits per heavy atom. The molecular formula is C33H34F9NO2. The molecule has 3 aromatic carbocycles. The minimum atomic E-state index is -5.04. The van der Waals surface area contributed by atoms with Crippen LogP contribution in [0.5, 0.6) is 0 Å². The van der Waals surface area contributed by atoms with Crippen molar-refractivity contribution in [2.45, 2.75) is 71.5 Å². The number of carboxylic acids is 1. The third-order valence-corrected chi connectivity index (χ3v) is 7.26. The molecule has 0 bridgehead atoms. The van der Waals surface area contributed by atoms with Gasteiger partial charge in [0.25, 0.3) is 0 Å². The number of hydrogen-bond donors (Lipinski definition) is 1. The van der Waals surface area contributed by atoms with E-state index in [0.29, 0.717) is 40.9 Å². The van der Waals surface area contributed by atoms with Gasteiger partial charge in [-0.3, -0.25) is 4.79 Å². The molecule has 0 unspecified atom stereocenters. The molecule has 0 aromatic heterocycles. The van der Waals surface area contributed by atoms with Crippen molar-refractivity contribution in [1.29, 1.82) is 0 Å². The van der Waals surface area contributed by atoms with Gasteiger partial charge in [-0.25, -0.2) is 0 Å². The van der Waals surface area contributed by atoms with E-state index in [1.54, 1.807) is 17.0 Å². The van der Waals surface area contributed by atoms with Crippen LogP contribution in [0.1, 0.15) is 74.3 Å². The molecule has 0 heterocycles. The zero-order chi connectivity index (χ0) is 33.9. The number of benzene rings is 3. The van der Waals surface area contributed by atoms with Crippen LogP contribution in [0.4, 0.5) is 45.2 Å². The maximum Gasteiger partial charge on any atom is 0.416 e. The number of carbonyl (C=O) groups is 1. The minimum Gasteiger partial charge on any atom is -0.481 e. The Labute approximate surface area is 255 Å². The number of aliphatic carboxylic acids is 1. The van der Waals surface area contributed by atoms with Crippen LogP contribution in [0, 0.1) is 11.8 Å². The highest BCUT2D eigenvalue weighted by Crippen LogP contribution is 2.39. The van der Waals surface area contributed by atoms with E-state index < -0.39 is 47.1 Å². The van der Waals surface area contributed by atoms with Crippen LogP contribution < -0.4 is 4.90 Å². The molecular weight excluding hydrogens is 613 g/mol. The molecule has 3 nitrogen and oxygen atoms in total. The predicted octanol–water partition coefficient (Wildman–Crippen LogP) is 10.7. The first-order valence-corrected chi connectivity index (χ1v) is 14.2. The standard InChI is InChI=1S/C33H34F9NO2/c1-19(2)9-10-43(18-21-12-26(32(37,38)39)17-27(13-21)33(40,41)42)28-15-23(22-5-7-25(8-6-22)31(34,35)36)14-24(16-28)29(30(44)45)11-20(3)4/h5-8,12-17,19-20,29H,9-11,18H2,1-4H3,(H,44,45)/t29-/m1/s1. The second kappa shape index (κ2) is 13.7. The number of rotatable bonds is 11. The van der Waals surface area contributed by atoms with Crippen molar-refractivity contribution in [3.05, 3.63) is 88.5 Å². The van der Waals surface area contributed by atoms with Crippen LogP contribution in [-0.4, -0.2) is 17.6 Å². The van der Waals surface area contributed by atoms with E-state index in [4.69, 9.17) is 0 Å². The number of anilines is 1. The first-order valence-electron chi connectivity index (χ1n) is 14.2. The fourth-order valence-corrected chi connectivity index (χ4v) is 4.93. The fourth-order valence-electron chi connectivity index (χ4n) is 4.93. The number of hydrogen-bond acceptors (Lipinski definition) is 2. The Balaban J connectivity index is 2.24. The monoisotopic (exact) mass is 647 g/mol. The molecule has 0 saturated heterocycles. The summed E-state index contributed by atoms with van der Waals surface area (Å²) >= 11 is 0. The summed E-state index contributed by atoms with van der Waals surface area (Å²) in [5.74, 6) is -2.16. The number of alkyl halides is 9. The summed E-state index contributed by atoms with van der Waals surface area (Å²) in [5.41, 5.74) is -2.80. The average molecular weight is 648 g/mol. The molecule has 0 aliphatic rings. The third-order valence-electron chi connectivity index (χ3n) is 7.26. The normalized spacial score (nSPS) is 13.4. The van der Waals surface area contributed by atoms with E-state index in [1.807, 2.05) is 27.7 Å². The van der Waals surface area contributed by atoms with Gasteiger partial charge in [0, 0.05) is 18.8 Å². The van der Waals surface area contributed by atoms with Crippen LogP contribution in [0.3, 0.4) is 0 Å². The lowest BCUT2D eigenvalue weighted by Gasteiger charge is -2.29. The Kier molecular flexibility index (Phi) is 10.9. The molecule has 45 heavy (non-hydrogen) atoms. The zero-order valence-electron chi connectivity index (χ0n) is 25.0. The highest BCUT2D eigenvalue weighted by molar-refractivity contribution is 5.79. The number of halogens is 9. The maximum absolute atomic E-state index is 13.6. The van der Waals surface area contributed by atoms with Crippen molar-refractivity contribution in [3.63, 3.8) is 0 Å². The average Bonchev–Trinajstić information content (AvgIpc) is 2.92. The summed E-state index contributed by atoms with van der Waals surface area (Å²) < 4.78 is 121. The van der Waals surface area contributed by atoms with Crippen molar-refractivity contribution < 1.29 is 49.4 Å². The van der Waals surface area contributed by atoms with Gasteiger partial charge in [0.2, 0.25) is 0 Å². The minimum absolute atomic E-state index is 0.0503. The van der Waals surface area contributed by atoms with Crippen molar-refractivity contribution in [2.24, 2.45) is 11.8 Å². The second-order valence-corrected chi connectivity index (χ2v) is 11.9. The van der Waals surface area contributed by atoms with Gasteiger partial charge in [-0.15, -0.1) is 0 Å². The van der Waals surface area contributed by atoms with Gasteiger partial charge in [0.15, 0.2) is 0 Å². The molecule has 0 spiro atoms. The fraction of sp³-hybridized carbons (Fsp3) is 0.424. The predicted molar refractivity (Wildman–Crippen MR) is 154 cm³/mol. The van der Waals surface area contributed by atoms with Gasteiger partial charge in [-0.1, -0.05) is 45.9 Å². The molecule has 0 fully saturated rings. The molecule has 246 valence electrons. The van der Waals surface area contributed by atoms with Crippen LogP contribution in [-0.2, 0) is 29.9 Å². The zero-order valence-corrected chi connectivity index (χ0v) is 25.0. The topological polar surface area (TPSA) is 40.5 Å². The molecule has 0 aliphatic heterocycles. The first kappa shape index (κ1) is 35.8. The van der Waals surface area contributed by atoms with Crippen LogP contribution >= 0.6 is 0 Å². The van der Waals surface area contributed by atoms with Gasteiger partial charge >= 0.3 is 24.5 Å². The lowest BCUT2D eigenvalue weighted by atomic mass is 9.88. The Bertz CT molecular complexity index is 1420. The van der Waals surface area contributed by atoms with Gasteiger partial charge in [-0.05, 0) is 89.4 Å². The van der Waals surface area contributed by atoms with E-state index in [-0.39, 0.29) is 43.0 Å². The van der Waals surface area contributed by atoms with Gasteiger partial charge in [0.05, 0.1) is 22.6 Å². The van der Waals surface area contributed by atoms with E-state index in [0.717, 1.165) is 12.1 Å². The summed E-state index contributed by atoms with van der Waals surface area (Å²) in [4.78, 5) is 13.9. The van der Waals surface area contributed by atoms with Crippen molar-refractivity contribution >= 4 is 11.7 Å². The van der Waals surface area contributed by atoms with Crippen LogP contribution in [0.15, 0.2) is 60.7 Å². The van der Waals surface area contributed by atoms with Gasteiger partial charge < -0.3 is 10.0 Å². The second-order valence-electron chi connectivity index (χ2n) is 11.9. The highest BCUT2D eigenvalue weighted by Gasteiger charge is 2.37. The molecule has 1 atom stereocenters. The summed E-state index contributed by atoms with van der Waals surface area (Å²) in [6.07, 6.45) is -14.0. The molecule has 12 heteroatoms. The van der Waals surface area contributed by atoms with Gasteiger partial charge in [-0.2, -0.15) is 39.5 Å². The highest BCUT2D eigenvalue weighted by atomic mass is 19.4. The van der Waals surface area contributed by atoms with E-state index >= 15 is 0 Å². The molecule has 1 N–H and O–H groups in total. The molecule has 0 aliphatic carbocycles. The van der Waals surface area contributed by atoms with E-state index in [9.17, 15) is 49.4 Å². The molecule has 0 amide bonds. The number of carboxylic acid groups (broad SMARTS) is 1. The number of nitrogens with zero attached hydrogens (tertiary/aromatic N) is 1. The van der Waals surface area contributed by atoms with Gasteiger partial charge in [0.1, 0.15) is 0 Å². The van der Waals surface area contributed by atoms with Crippen molar-refractivity contribution in [3.8, 4) is 11.1 Å². The molecule has 0 saturated carbocycles.